The molecule has 0 atom stereocenters. The molecular weight excluding hydrogens is 199 g/mol. The maximum Gasteiger partial charge on any atom is 0.280 e. The number of carbonyl (C=O) groups excluding carboxylic acids is 1. The molecule has 0 aliphatic carbocycles. The number of halogens is 3. The standard InChI is InChI=1S/C7H6F3N3O/c8-2-1-3(6(9)10)13-5(4(2)11)7(12)14/h1,6H,11H2,(H2,12,14). The van der Waals surface area contributed by atoms with E-state index in [0.29, 0.717) is 6.07 Å². The minimum Gasteiger partial charge on any atom is -0.394 e. The van der Waals surface area contributed by atoms with Crippen molar-refractivity contribution >= 4 is 11.6 Å². The SMILES string of the molecule is NC(=O)c1nc(C(F)F)cc(F)c1N. The van der Waals surface area contributed by atoms with Crippen molar-refractivity contribution in [3.63, 3.8) is 0 Å². The van der Waals surface area contributed by atoms with E-state index in [-0.39, 0.29) is 0 Å². The number of pyridine rings is 1. The zero-order valence-electron chi connectivity index (χ0n) is 6.80. The summed E-state index contributed by atoms with van der Waals surface area (Å²) in [5.41, 5.74) is 7.66. The number of anilines is 1. The molecule has 1 amide bonds. The molecule has 0 spiro atoms. The summed E-state index contributed by atoms with van der Waals surface area (Å²) in [6.07, 6.45) is -2.98. The Morgan fingerprint density at radius 1 is 1.50 bits per heavy atom. The summed E-state index contributed by atoms with van der Waals surface area (Å²) in [5.74, 6) is -2.28. The summed E-state index contributed by atoms with van der Waals surface area (Å²) in [5, 5.41) is 0. The number of amides is 1. The van der Waals surface area contributed by atoms with Crippen LogP contribution >= 0.6 is 0 Å². The number of rotatable bonds is 2. The van der Waals surface area contributed by atoms with Gasteiger partial charge in [-0.3, -0.25) is 4.79 Å². The van der Waals surface area contributed by atoms with Gasteiger partial charge in [-0.05, 0) is 0 Å². The van der Waals surface area contributed by atoms with Crippen molar-refractivity contribution in [2.75, 3.05) is 5.73 Å². The summed E-state index contributed by atoms with van der Waals surface area (Å²) in [6.45, 7) is 0. The van der Waals surface area contributed by atoms with E-state index in [1.807, 2.05) is 0 Å². The van der Waals surface area contributed by atoms with Crippen LogP contribution in [0.3, 0.4) is 0 Å². The minimum absolute atomic E-state index is 0.465. The van der Waals surface area contributed by atoms with Crippen molar-refractivity contribution in [1.29, 1.82) is 0 Å². The highest BCUT2D eigenvalue weighted by Crippen LogP contribution is 2.22. The quantitative estimate of drug-likeness (QED) is 0.750. The largest absolute Gasteiger partial charge is 0.394 e. The van der Waals surface area contributed by atoms with E-state index in [0.717, 1.165) is 0 Å². The van der Waals surface area contributed by atoms with E-state index >= 15 is 0 Å². The minimum atomic E-state index is -2.98. The van der Waals surface area contributed by atoms with Crippen molar-refractivity contribution in [3.05, 3.63) is 23.3 Å². The molecule has 1 rings (SSSR count). The zero-order valence-corrected chi connectivity index (χ0v) is 6.80. The molecule has 14 heavy (non-hydrogen) atoms. The topological polar surface area (TPSA) is 82.0 Å². The van der Waals surface area contributed by atoms with Crippen LogP contribution in [0.15, 0.2) is 6.07 Å². The smallest absolute Gasteiger partial charge is 0.280 e. The lowest BCUT2D eigenvalue weighted by Crippen LogP contribution is -2.17. The number of carbonyl (C=O) groups is 1. The number of aromatic nitrogens is 1. The summed E-state index contributed by atoms with van der Waals surface area (Å²) in [7, 11) is 0. The van der Waals surface area contributed by atoms with E-state index in [1.54, 1.807) is 0 Å². The third-order valence-corrected chi connectivity index (χ3v) is 1.48. The van der Waals surface area contributed by atoms with Gasteiger partial charge in [0, 0.05) is 6.07 Å². The number of alkyl halides is 2. The van der Waals surface area contributed by atoms with Crippen LogP contribution in [-0.4, -0.2) is 10.9 Å². The Labute approximate surface area is 76.7 Å². The van der Waals surface area contributed by atoms with Gasteiger partial charge in [0.25, 0.3) is 12.3 Å². The lowest BCUT2D eigenvalue weighted by molar-refractivity contribution is 0.0994. The molecule has 0 aromatic carbocycles. The molecule has 1 aromatic heterocycles. The molecule has 0 radical (unpaired) electrons. The van der Waals surface area contributed by atoms with Crippen LogP contribution in [0.25, 0.3) is 0 Å². The molecule has 4 nitrogen and oxygen atoms in total. The highest BCUT2D eigenvalue weighted by Gasteiger charge is 2.18. The Balaban J connectivity index is 3.35. The maximum atomic E-state index is 12.9. The molecule has 0 bridgehead atoms. The molecule has 7 heteroatoms. The Morgan fingerprint density at radius 2 is 2.07 bits per heavy atom. The van der Waals surface area contributed by atoms with Crippen molar-refractivity contribution in [1.82, 2.24) is 4.98 Å². The van der Waals surface area contributed by atoms with Gasteiger partial charge < -0.3 is 11.5 Å². The molecule has 0 saturated carbocycles. The highest BCUT2D eigenvalue weighted by molar-refractivity contribution is 5.95. The van der Waals surface area contributed by atoms with E-state index in [2.05, 4.69) is 4.98 Å². The summed E-state index contributed by atoms with van der Waals surface area (Å²) >= 11 is 0. The maximum absolute atomic E-state index is 12.9. The fourth-order valence-corrected chi connectivity index (χ4v) is 0.842. The number of nitrogens with zero attached hydrogens (tertiary/aromatic N) is 1. The molecule has 0 fully saturated rings. The fourth-order valence-electron chi connectivity index (χ4n) is 0.842. The highest BCUT2D eigenvalue weighted by atomic mass is 19.3. The van der Waals surface area contributed by atoms with Crippen molar-refractivity contribution in [2.24, 2.45) is 5.73 Å². The molecule has 0 unspecified atom stereocenters. The number of primary amides is 1. The molecule has 0 aliphatic heterocycles. The van der Waals surface area contributed by atoms with Gasteiger partial charge in [0.15, 0.2) is 11.5 Å². The van der Waals surface area contributed by atoms with Crippen molar-refractivity contribution < 1.29 is 18.0 Å². The number of hydrogen-bond acceptors (Lipinski definition) is 3. The average molecular weight is 205 g/mol. The average Bonchev–Trinajstić information content (AvgIpc) is 2.08. The van der Waals surface area contributed by atoms with Crippen LogP contribution in [0.2, 0.25) is 0 Å². The molecule has 1 heterocycles. The van der Waals surface area contributed by atoms with Gasteiger partial charge in [-0.2, -0.15) is 0 Å². The van der Waals surface area contributed by atoms with Gasteiger partial charge in [0.2, 0.25) is 0 Å². The van der Waals surface area contributed by atoms with Gasteiger partial charge >= 0.3 is 0 Å². The molecular formula is C7H6F3N3O. The second-order valence-corrected chi connectivity index (χ2v) is 2.46. The Kier molecular flexibility index (Phi) is 2.59. The second-order valence-electron chi connectivity index (χ2n) is 2.46. The van der Waals surface area contributed by atoms with Crippen LogP contribution in [0.5, 0.6) is 0 Å². The van der Waals surface area contributed by atoms with Gasteiger partial charge in [-0.1, -0.05) is 0 Å². The third-order valence-electron chi connectivity index (χ3n) is 1.48. The van der Waals surface area contributed by atoms with Crippen LogP contribution in [0.1, 0.15) is 22.6 Å². The monoisotopic (exact) mass is 205 g/mol. The fraction of sp³-hybridized carbons (Fsp3) is 0.143. The Morgan fingerprint density at radius 3 is 2.50 bits per heavy atom. The summed E-state index contributed by atoms with van der Waals surface area (Å²) in [6, 6.07) is 0.465. The van der Waals surface area contributed by atoms with Gasteiger partial charge in [-0.25, -0.2) is 18.2 Å². The summed E-state index contributed by atoms with van der Waals surface area (Å²) in [4.78, 5) is 13.8. The van der Waals surface area contributed by atoms with E-state index < -0.39 is 35.2 Å². The number of nitrogen functional groups attached to an aromatic ring is 1. The Bertz CT molecular complexity index is 381. The van der Waals surface area contributed by atoms with E-state index in [4.69, 9.17) is 11.5 Å². The predicted molar refractivity (Wildman–Crippen MR) is 42.1 cm³/mol. The van der Waals surface area contributed by atoms with Crippen LogP contribution in [-0.2, 0) is 0 Å². The predicted octanol–water partition coefficient (Wildman–Crippen LogP) is 0.839. The zero-order chi connectivity index (χ0) is 10.9. The van der Waals surface area contributed by atoms with Gasteiger partial charge in [-0.15, -0.1) is 0 Å². The van der Waals surface area contributed by atoms with E-state index in [9.17, 15) is 18.0 Å². The first-order chi connectivity index (χ1) is 6.43. The molecule has 0 aliphatic rings. The number of hydrogen-bond donors (Lipinski definition) is 2. The molecule has 76 valence electrons. The van der Waals surface area contributed by atoms with Gasteiger partial charge in [0.05, 0.1) is 5.69 Å². The lowest BCUT2D eigenvalue weighted by Gasteiger charge is -2.05. The molecule has 4 N–H and O–H groups in total. The molecule has 1 aromatic rings. The molecule has 0 saturated heterocycles. The van der Waals surface area contributed by atoms with E-state index in [1.165, 1.54) is 0 Å². The normalized spacial score (nSPS) is 10.6. The lowest BCUT2D eigenvalue weighted by atomic mass is 10.2. The van der Waals surface area contributed by atoms with Crippen molar-refractivity contribution in [3.8, 4) is 0 Å². The first kappa shape index (κ1) is 10.3. The summed E-state index contributed by atoms with van der Waals surface area (Å²) < 4.78 is 37.1. The first-order valence-electron chi connectivity index (χ1n) is 3.47. The van der Waals surface area contributed by atoms with Crippen LogP contribution in [0.4, 0.5) is 18.9 Å². The number of nitrogens with two attached hydrogens (primary N) is 2. The third kappa shape index (κ3) is 1.76. The van der Waals surface area contributed by atoms with Gasteiger partial charge in [0.1, 0.15) is 5.69 Å². The first-order valence-corrected chi connectivity index (χ1v) is 3.47. The van der Waals surface area contributed by atoms with Crippen molar-refractivity contribution in [2.45, 2.75) is 6.43 Å². The Hall–Kier alpha value is -1.79. The van der Waals surface area contributed by atoms with Crippen LogP contribution in [0, 0.1) is 5.82 Å². The van der Waals surface area contributed by atoms with Crippen LogP contribution < -0.4 is 11.5 Å². The second kappa shape index (κ2) is 3.52.